The van der Waals surface area contributed by atoms with Crippen molar-refractivity contribution in [3.63, 3.8) is 0 Å². The van der Waals surface area contributed by atoms with Crippen molar-refractivity contribution < 1.29 is 19.5 Å². The Kier molecular flexibility index (Phi) is 4.60. The molecule has 1 rings (SSSR count). The molecule has 2 unspecified atom stereocenters. The molecule has 1 heterocycles. The third-order valence-electron chi connectivity index (χ3n) is 2.18. The van der Waals surface area contributed by atoms with Crippen molar-refractivity contribution in [3.05, 3.63) is 0 Å². The molecule has 0 saturated carbocycles. The van der Waals surface area contributed by atoms with Gasteiger partial charge in [-0.1, -0.05) is 25.1 Å². The van der Waals surface area contributed by atoms with Crippen LogP contribution in [0.25, 0.3) is 0 Å². The van der Waals surface area contributed by atoms with Crippen molar-refractivity contribution in [3.8, 4) is 0 Å². The maximum Gasteiger partial charge on any atom is 0.326 e. The van der Waals surface area contributed by atoms with E-state index in [1.54, 1.807) is 0 Å². The molecule has 1 aliphatic heterocycles. The predicted octanol–water partition coefficient (Wildman–Crippen LogP) is 0.181. The Morgan fingerprint density at radius 2 is 2.38 bits per heavy atom. The lowest BCUT2D eigenvalue weighted by molar-refractivity contribution is -0.142. The van der Waals surface area contributed by atoms with Crippen LogP contribution >= 0.6 is 11.8 Å². The molecule has 7 heteroatoms. The third kappa shape index (κ3) is 3.41. The van der Waals surface area contributed by atoms with Crippen LogP contribution in [0.3, 0.4) is 0 Å². The summed E-state index contributed by atoms with van der Waals surface area (Å²) in [7, 11) is 0. The second-order valence-corrected chi connectivity index (χ2v) is 4.48. The van der Waals surface area contributed by atoms with Crippen molar-refractivity contribution in [2.45, 2.75) is 31.8 Å². The summed E-state index contributed by atoms with van der Waals surface area (Å²) in [5.41, 5.74) is 0. The number of hydrogen-bond donors (Lipinski definition) is 3. The van der Waals surface area contributed by atoms with Crippen LogP contribution < -0.4 is 10.6 Å². The summed E-state index contributed by atoms with van der Waals surface area (Å²) in [5, 5.41) is 13.5. The smallest absolute Gasteiger partial charge is 0.326 e. The Labute approximate surface area is 97.2 Å². The minimum Gasteiger partial charge on any atom is -0.480 e. The fourth-order valence-electron chi connectivity index (χ4n) is 1.34. The summed E-state index contributed by atoms with van der Waals surface area (Å²) >= 11 is 1.02. The lowest BCUT2D eigenvalue weighted by Crippen LogP contribution is -2.49. The molecule has 0 bridgehead atoms. The van der Waals surface area contributed by atoms with Gasteiger partial charge >= 0.3 is 5.97 Å². The highest BCUT2D eigenvalue weighted by Gasteiger charge is 2.30. The fraction of sp³-hybridized carbons (Fsp3) is 0.667. The van der Waals surface area contributed by atoms with E-state index >= 15 is 0 Å². The summed E-state index contributed by atoms with van der Waals surface area (Å²) in [6.45, 7) is 1.84. The van der Waals surface area contributed by atoms with Crippen molar-refractivity contribution in [1.82, 2.24) is 10.6 Å². The summed E-state index contributed by atoms with van der Waals surface area (Å²) < 4.78 is 0. The van der Waals surface area contributed by atoms with Crippen LogP contribution in [-0.2, 0) is 9.59 Å². The van der Waals surface area contributed by atoms with Gasteiger partial charge in [0.1, 0.15) is 12.1 Å². The van der Waals surface area contributed by atoms with E-state index in [1.165, 1.54) is 0 Å². The molecule has 2 amide bonds. The van der Waals surface area contributed by atoms with E-state index in [0.717, 1.165) is 11.8 Å². The number of amides is 2. The Morgan fingerprint density at radius 1 is 1.69 bits per heavy atom. The number of carbonyl (C=O) groups is 3. The first-order valence-corrected chi connectivity index (χ1v) is 5.99. The lowest BCUT2D eigenvalue weighted by atomic mass is 10.1. The van der Waals surface area contributed by atoms with Gasteiger partial charge in [-0.2, -0.15) is 0 Å². The predicted molar refractivity (Wildman–Crippen MR) is 59.3 cm³/mol. The highest BCUT2D eigenvalue weighted by atomic mass is 32.2. The Hall–Kier alpha value is -1.24. The van der Waals surface area contributed by atoms with E-state index in [9.17, 15) is 14.4 Å². The molecule has 1 aliphatic rings. The standard InChI is InChI=1S/C9H14N2O4S/c1-2-3-5(8(13)14)10-7(12)6-4-16-9(15)11-6/h5-6H,2-4H2,1H3,(H,10,12)(H,11,15)(H,13,14). The summed E-state index contributed by atoms with van der Waals surface area (Å²) in [4.78, 5) is 33.2. The largest absolute Gasteiger partial charge is 0.480 e. The Bertz CT molecular complexity index is 308. The molecule has 16 heavy (non-hydrogen) atoms. The van der Waals surface area contributed by atoms with E-state index in [2.05, 4.69) is 10.6 Å². The van der Waals surface area contributed by atoms with Gasteiger partial charge in [0.2, 0.25) is 5.91 Å². The van der Waals surface area contributed by atoms with Gasteiger partial charge in [-0.05, 0) is 6.42 Å². The van der Waals surface area contributed by atoms with Gasteiger partial charge in [0, 0.05) is 5.75 Å². The number of carboxylic acid groups (broad SMARTS) is 1. The first-order chi connectivity index (χ1) is 7.54. The number of carboxylic acids is 1. The molecule has 0 aromatic heterocycles. The summed E-state index contributed by atoms with van der Waals surface area (Å²) in [6.07, 6.45) is 1.05. The molecule has 1 fully saturated rings. The van der Waals surface area contributed by atoms with Crippen molar-refractivity contribution >= 4 is 28.9 Å². The van der Waals surface area contributed by atoms with E-state index in [1.807, 2.05) is 6.92 Å². The molecular weight excluding hydrogens is 232 g/mol. The number of aliphatic carboxylic acids is 1. The van der Waals surface area contributed by atoms with Gasteiger partial charge in [0.05, 0.1) is 0 Å². The van der Waals surface area contributed by atoms with Crippen LogP contribution in [0.5, 0.6) is 0 Å². The van der Waals surface area contributed by atoms with Crippen LogP contribution in [0.4, 0.5) is 4.79 Å². The molecule has 90 valence electrons. The number of thioether (sulfide) groups is 1. The van der Waals surface area contributed by atoms with Gasteiger partial charge in [0.25, 0.3) is 5.24 Å². The number of nitrogens with one attached hydrogen (secondary N) is 2. The molecule has 0 aromatic carbocycles. The molecule has 1 saturated heterocycles. The van der Waals surface area contributed by atoms with Crippen LogP contribution in [0.15, 0.2) is 0 Å². The van der Waals surface area contributed by atoms with E-state index in [4.69, 9.17) is 5.11 Å². The summed E-state index contributed by atoms with van der Waals surface area (Å²) in [6, 6.07) is -1.49. The second kappa shape index (κ2) is 5.74. The van der Waals surface area contributed by atoms with E-state index < -0.39 is 24.0 Å². The average molecular weight is 246 g/mol. The monoisotopic (exact) mass is 246 g/mol. The van der Waals surface area contributed by atoms with Gasteiger partial charge in [-0.25, -0.2) is 4.79 Å². The molecule has 0 aliphatic carbocycles. The molecule has 6 nitrogen and oxygen atoms in total. The quantitative estimate of drug-likeness (QED) is 0.643. The topological polar surface area (TPSA) is 95.5 Å². The lowest BCUT2D eigenvalue weighted by Gasteiger charge is -2.16. The van der Waals surface area contributed by atoms with E-state index in [-0.39, 0.29) is 5.24 Å². The highest BCUT2D eigenvalue weighted by molar-refractivity contribution is 8.14. The average Bonchev–Trinajstić information content (AvgIpc) is 2.64. The van der Waals surface area contributed by atoms with Gasteiger partial charge in [-0.3, -0.25) is 9.59 Å². The zero-order chi connectivity index (χ0) is 12.1. The maximum absolute atomic E-state index is 11.6. The summed E-state index contributed by atoms with van der Waals surface area (Å²) in [5.74, 6) is -1.13. The minimum atomic E-state index is -1.05. The van der Waals surface area contributed by atoms with Crippen LogP contribution in [0.2, 0.25) is 0 Å². The molecule has 0 aromatic rings. The fourth-order valence-corrected chi connectivity index (χ4v) is 2.12. The Balaban J connectivity index is 2.48. The normalized spacial score (nSPS) is 21.3. The van der Waals surface area contributed by atoms with Crippen LogP contribution in [0.1, 0.15) is 19.8 Å². The first kappa shape index (κ1) is 12.8. The Morgan fingerprint density at radius 3 is 2.81 bits per heavy atom. The second-order valence-electron chi connectivity index (χ2n) is 3.48. The van der Waals surface area contributed by atoms with Gasteiger partial charge in [-0.15, -0.1) is 0 Å². The maximum atomic E-state index is 11.6. The zero-order valence-corrected chi connectivity index (χ0v) is 9.67. The molecule has 2 atom stereocenters. The third-order valence-corrected chi connectivity index (χ3v) is 3.06. The number of rotatable bonds is 5. The number of hydrogen-bond acceptors (Lipinski definition) is 4. The van der Waals surface area contributed by atoms with Crippen molar-refractivity contribution in [1.29, 1.82) is 0 Å². The van der Waals surface area contributed by atoms with Crippen molar-refractivity contribution in [2.24, 2.45) is 0 Å². The minimum absolute atomic E-state index is 0.248. The van der Waals surface area contributed by atoms with Crippen LogP contribution in [-0.4, -0.2) is 40.1 Å². The number of carbonyl (C=O) groups excluding carboxylic acids is 2. The highest BCUT2D eigenvalue weighted by Crippen LogP contribution is 2.13. The van der Waals surface area contributed by atoms with Crippen LogP contribution in [0, 0.1) is 0 Å². The van der Waals surface area contributed by atoms with Gasteiger partial charge < -0.3 is 15.7 Å². The first-order valence-electron chi connectivity index (χ1n) is 5.01. The SMILES string of the molecule is CCCC(NC(=O)C1CSC(=O)N1)C(=O)O. The molecule has 0 spiro atoms. The molecule has 0 radical (unpaired) electrons. The van der Waals surface area contributed by atoms with Crippen molar-refractivity contribution in [2.75, 3.05) is 5.75 Å². The molecule has 3 N–H and O–H groups in total. The zero-order valence-electron chi connectivity index (χ0n) is 8.86. The molecular formula is C9H14N2O4S. The van der Waals surface area contributed by atoms with E-state index in [0.29, 0.717) is 18.6 Å². The van der Waals surface area contributed by atoms with Gasteiger partial charge in [0.15, 0.2) is 0 Å².